The number of hydrogen-bond donors (Lipinski definition) is 2. The summed E-state index contributed by atoms with van der Waals surface area (Å²) in [6, 6.07) is -0.114. The molecule has 0 heterocycles. The molecule has 0 rings (SSSR count). The van der Waals surface area contributed by atoms with E-state index in [1.165, 1.54) is 0 Å². The lowest BCUT2D eigenvalue weighted by molar-refractivity contribution is -0.123. The molecule has 0 aromatic carbocycles. The van der Waals surface area contributed by atoms with Crippen molar-refractivity contribution >= 4 is 5.91 Å². The Hall–Kier alpha value is -0.570. The van der Waals surface area contributed by atoms with Crippen molar-refractivity contribution in [3.05, 3.63) is 0 Å². The molecule has 0 radical (unpaired) electrons. The molecule has 3 nitrogen and oxygen atoms in total. The van der Waals surface area contributed by atoms with Crippen LogP contribution in [0.5, 0.6) is 0 Å². The van der Waals surface area contributed by atoms with Crippen molar-refractivity contribution in [2.45, 2.75) is 65.5 Å². The van der Waals surface area contributed by atoms with E-state index in [1.54, 1.807) is 0 Å². The lowest BCUT2D eigenvalue weighted by Gasteiger charge is -2.28. The minimum Gasteiger partial charge on any atom is -0.355 e. The molecule has 15 heavy (non-hydrogen) atoms. The van der Waals surface area contributed by atoms with Gasteiger partial charge in [0.05, 0.1) is 6.04 Å². The summed E-state index contributed by atoms with van der Waals surface area (Å²) in [7, 11) is 0. The molecule has 0 aliphatic rings. The van der Waals surface area contributed by atoms with Crippen LogP contribution in [0.1, 0.15) is 53.9 Å². The van der Waals surface area contributed by atoms with E-state index >= 15 is 0 Å². The monoisotopic (exact) mass is 214 g/mol. The van der Waals surface area contributed by atoms with Crippen LogP contribution in [-0.4, -0.2) is 24.0 Å². The second-order valence-electron chi connectivity index (χ2n) is 4.75. The van der Waals surface area contributed by atoms with Crippen molar-refractivity contribution in [1.82, 2.24) is 10.6 Å². The molecular formula is C12H26N2O. The van der Waals surface area contributed by atoms with Crippen molar-refractivity contribution in [2.24, 2.45) is 0 Å². The first-order valence-electron chi connectivity index (χ1n) is 5.98. The number of unbranched alkanes of at least 4 members (excludes halogenated alkanes) is 1. The molecule has 0 saturated carbocycles. The van der Waals surface area contributed by atoms with E-state index in [2.05, 4.69) is 38.3 Å². The van der Waals surface area contributed by atoms with Gasteiger partial charge in [0.2, 0.25) is 5.91 Å². The van der Waals surface area contributed by atoms with Crippen LogP contribution in [0.3, 0.4) is 0 Å². The number of rotatable bonds is 7. The zero-order valence-corrected chi connectivity index (χ0v) is 10.8. The smallest absolute Gasteiger partial charge is 0.236 e. The molecule has 1 atom stereocenters. The van der Waals surface area contributed by atoms with Crippen LogP contribution < -0.4 is 10.6 Å². The van der Waals surface area contributed by atoms with Crippen LogP contribution in [0.4, 0.5) is 0 Å². The number of nitrogens with one attached hydrogen (secondary N) is 2. The van der Waals surface area contributed by atoms with Crippen LogP contribution in [0.15, 0.2) is 0 Å². The van der Waals surface area contributed by atoms with Crippen molar-refractivity contribution in [1.29, 1.82) is 0 Å². The Morgan fingerprint density at radius 1 is 1.33 bits per heavy atom. The largest absolute Gasteiger partial charge is 0.355 e. The third kappa shape index (κ3) is 6.50. The van der Waals surface area contributed by atoms with E-state index in [0.29, 0.717) is 0 Å². The molecule has 90 valence electrons. The average Bonchev–Trinajstić information content (AvgIpc) is 2.17. The topological polar surface area (TPSA) is 41.1 Å². The Labute approximate surface area is 94.0 Å². The van der Waals surface area contributed by atoms with E-state index in [-0.39, 0.29) is 17.5 Å². The minimum atomic E-state index is -0.114. The Morgan fingerprint density at radius 2 is 1.93 bits per heavy atom. The van der Waals surface area contributed by atoms with E-state index in [1.807, 2.05) is 6.92 Å². The van der Waals surface area contributed by atoms with E-state index in [0.717, 1.165) is 25.8 Å². The minimum absolute atomic E-state index is 0.0293. The fraction of sp³-hybridized carbons (Fsp3) is 0.917. The summed E-state index contributed by atoms with van der Waals surface area (Å²) >= 11 is 0. The number of amides is 1. The van der Waals surface area contributed by atoms with Gasteiger partial charge in [0, 0.05) is 12.1 Å². The number of carbonyl (C=O) groups is 1. The highest BCUT2D eigenvalue weighted by Crippen LogP contribution is 2.08. The summed E-state index contributed by atoms with van der Waals surface area (Å²) in [6.45, 7) is 11.2. The summed E-state index contributed by atoms with van der Waals surface area (Å²) in [5, 5.41) is 6.25. The molecule has 0 bridgehead atoms. The predicted molar refractivity (Wildman–Crippen MR) is 64.9 cm³/mol. The van der Waals surface area contributed by atoms with Gasteiger partial charge in [0.15, 0.2) is 0 Å². The van der Waals surface area contributed by atoms with E-state index in [4.69, 9.17) is 0 Å². The normalized spacial score (nSPS) is 13.7. The van der Waals surface area contributed by atoms with Crippen LogP contribution in [0, 0.1) is 0 Å². The van der Waals surface area contributed by atoms with E-state index < -0.39 is 0 Å². The van der Waals surface area contributed by atoms with Gasteiger partial charge in [-0.2, -0.15) is 0 Å². The van der Waals surface area contributed by atoms with Crippen LogP contribution in [0.2, 0.25) is 0 Å². The first kappa shape index (κ1) is 14.4. The Kier molecular flexibility index (Phi) is 6.57. The SMILES string of the molecule is CCCCNC(=O)C(C)NC(C)(C)CC. The maximum absolute atomic E-state index is 11.6. The number of carbonyl (C=O) groups excluding carboxylic acids is 1. The van der Waals surface area contributed by atoms with Gasteiger partial charge in [0.25, 0.3) is 0 Å². The highest BCUT2D eigenvalue weighted by Gasteiger charge is 2.21. The van der Waals surface area contributed by atoms with Gasteiger partial charge in [-0.05, 0) is 33.6 Å². The summed E-state index contributed by atoms with van der Waals surface area (Å²) in [4.78, 5) is 11.6. The fourth-order valence-electron chi connectivity index (χ4n) is 1.30. The zero-order chi connectivity index (χ0) is 11.9. The Balaban J connectivity index is 3.88. The quantitative estimate of drug-likeness (QED) is 0.637. The van der Waals surface area contributed by atoms with Crippen LogP contribution in [-0.2, 0) is 4.79 Å². The Morgan fingerprint density at radius 3 is 2.40 bits per heavy atom. The van der Waals surface area contributed by atoms with Crippen molar-refractivity contribution in [3.8, 4) is 0 Å². The molecule has 1 amide bonds. The predicted octanol–water partition coefficient (Wildman–Crippen LogP) is 2.07. The molecule has 0 aliphatic carbocycles. The van der Waals surface area contributed by atoms with Crippen LogP contribution in [0.25, 0.3) is 0 Å². The third-order valence-electron chi connectivity index (χ3n) is 2.71. The van der Waals surface area contributed by atoms with Gasteiger partial charge in [-0.15, -0.1) is 0 Å². The first-order chi connectivity index (χ1) is 6.93. The summed E-state index contributed by atoms with van der Waals surface area (Å²) < 4.78 is 0. The molecule has 0 aliphatic heterocycles. The molecule has 0 fully saturated rings. The van der Waals surface area contributed by atoms with Crippen molar-refractivity contribution < 1.29 is 4.79 Å². The lowest BCUT2D eigenvalue weighted by atomic mass is 10.0. The zero-order valence-electron chi connectivity index (χ0n) is 10.8. The van der Waals surface area contributed by atoms with Gasteiger partial charge >= 0.3 is 0 Å². The van der Waals surface area contributed by atoms with Gasteiger partial charge in [-0.1, -0.05) is 20.3 Å². The van der Waals surface area contributed by atoms with E-state index in [9.17, 15) is 4.79 Å². The van der Waals surface area contributed by atoms with Crippen LogP contribution >= 0.6 is 0 Å². The van der Waals surface area contributed by atoms with Gasteiger partial charge in [0.1, 0.15) is 0 Å². The van der Waals surface area contributed by atoms with Gasteiger partial charge in [-0.25, -0.2) is 0 Å². The number of hydrogen-bond acceptors (Lipinski definition) is 2. The molecule has 2 N–H and O–H groups in total. The van der Waals surface area contributed by atoms with Gasteiger partial charge < -0.3 is 10.6 Å². The molecule has 0 saturated heterocycles. The maximum atomic E-state index is 11.6. The highest BCUT2D eigenvalue weighted by molar-refractivity contribution is 5.81. The molecule has 0 spiro atoms. The molecular weight excluding hydrogens is 188 g/mol. The average molecular weight is 214 g/mol. The van der Waals surface area contributed by atoms with Gasteiger partial charge in [-0.3, -0.25) is 4.79 Å². The molecule has 0 aromatic rings. The lowest BCUT2D eigenvalue weighted by Crippen LogP contribution is -2.51. The maximum Gasteiger partial charge on any atom is 0.236 e. The molecule has 3 heteroatoms. The fourth-order valence-corrected chi connectivity index (χ4v) is 1.30. The second kappa shape index (κ2) is 6.83. The first-order valence-corrected chi connectivity index (χ1v) is 5.98. The Bertz CT molecular complexity index is 190. The summed E-state index contributed by atoms with van der Waals surface area (Å²) in [5.74, 6) is 0.102. The summed E-state index contributed by atoms with van der Waals surface area (Å²) in [5.41, 5.74) is 0.0293. The standard InChI is InChI=1S/C12H26N2O/c1-6-8-9-13-11(15)10(3)14-12(4,5)7-2/h10,14H,6-9H2,1-5H3,(H,13,15). The van der Waals surface area contributed by atoms with Crippen molar-refractivity contribution in [3.63, 3.8) is 0 Å². The highest BCUT2D eigenvalue weighted by atomic mass is 16.2. The molecule has 1 unspecified atom stereocenters. The van der Waals surface area contributed by atoms with Crippen molar-refractivity contribution in [2.75, 3.05) is 6.54 Å². The summed E-state index contributed by atoms with van der Waals surface area (Å²) in [6.07, 6.45) is 3.18. The second-order valence-corrected chi connectivity index (χ2v) is 4.75. The molecule has 0 aromatic heterocycles. The third-order valence-corrected chi connectivity index (χ3v) is 2.71.